The molecule has 2 aromatic heterocycles. The summed E-state index contributed by atoms with van der Waals surface area (Å²) in [6.45, 7) is 0.681. The van der Waals surface area contributed by atoms with Crippen molar-refractivity contribution in [3.63, 3.8) is 0 Å². The molecule has 0 saturated carbocycles. The average Bonchev–Trinajstić information content (AvgIpc) is 3.27. The number of piperidine rings is 1. The second kappa shape index (κ2) is 10.8. The Labute approximate surface area is 206 Å². The van der Waals surface area contributed by atoms with Crippen molar-refractivity contribution in [3.8, 4) is 11.3 Å². The highest BCUT2D eigenvalue weighted by atomic mass is 19.4. The van der Waals surface area contributed by atoms with Gasteiger partial charge in [0, 0.05) is 41.5 Å². The van der Waals surface area contributed by atoms with E-state index < -0.39 is 18.8 Å². The van der Waals surface area contributed by atoms with Crippen molar-refractivity contribution in [3.05, 3.63) is 60.6 Å². The molecule has 0 atom stereocenters. The number of carbonyl (C=O) groups excluding carboxylic acids is 1. The molecule has 8 nitrogen and oxygen atoms in total. The number of benzene rings is 1. The lowest BCUT2D eigenvalue weighted by atomic mass is 10.1. The summed E-state index contributed by atoms with van der Waals surface area (Å²) in [5, 5.41) is 15.5. The zero-order valence-corrected chi connectivity index (χ0v) is 19.8. The number of allylic oxidation sites excluding steroid dienone is 1. The Morgan fingerprint density at radius 2 is 2.00 bits per heavy atom. The maximum atomic E-state index is 12.3. The minimum atomic E-state index is -4.48. The average molecular weight is 500 g/mol. The number of hydrogen-bond donors (Lipinski definition) is 4. The molecule has 36 heavy (non-hydrogen) atoms. The van der Waals surface area contributed by atoms with Gasteiger partial charge in [-0.25, -0.2) is 9.78 Å². The molecule has 0 radical (unpaired) electrons. The van der Waals surface area contributed by atoms with Crippen molar-refractivity contribution < 1.29 is 18.0 Å². The van der Waals surface area contributed by atoms with Crippen molar-refractivity contribution in [1.82, 2.24) is 24.9 Å². The Morgan fingerprint density at radius 1 is 1.22 bits per heavy atom. The number of anilines is 1. The van der Waals surface area contributed by atoms with Crippen LogP contribution < -0.4 is 16.0 Å². The second-order valence-electron chi connectivity index (χ2n) is 8.78. The standard InChI is InChI=1S/C25H28F3N7O/c1-34-8-6-20(7-9-34)30-14-19(13-29)17-5-10-35-22(15-31-23(35)12-17)18-3-2-4-21(11-18)33-24(36)32-16-25(26,27)28/h2-5,10-15,20,29-30H,6-9,16H2,1H3,(H2,32,33,36)/b19-14+,29-13?. The number of likely N-dealkylation sites (tertiary alicyclic amines) is 1. The van der Waals surface area contributed by atoms with Gasteiger partial charge in [0.15, 0.2) is 0 Å². The first kappa shape index (κ1) is 25.2. The van der Waals surface area contributed by atoms with Gasteiger partial charge in [-0.1, -0.05) is 12.1 Å². The molecule has 3 aromatic rings. The van der Waals surface area contributed by atoms with Crippen molar-refractivity contribution in [2.24, 2.45) is 0 Å². The van der Waals surface area contributed by atoms with Crippen molar-refractivity contribution in [2.75, 3.05) is 32.0 Å². The van der Waals surface area contributed by atoms with Crippen molar-refractivity contribution in [1.29, 1.82) is 5.41 Å². The molecular formula is C25H28F3N7O. The number of halogens is 3. The number of aromatic nitrogens is 2. The third-order valence-corrected chi connectivity index (χ3v) is 6.06. The molecule has 0 unspecified atom stereocenters. The Kier molecular flexibility index (Phi) is 7.58. The van der Waals surface area contributed by atoms with Crippen LogP contribution in [0, 0.1) is 5.41 Å². The number of imidazole rings is 1. The third kappa shape index (κ3) is 6.42. The fraction of sp³-hybridized carbons (Fsp3) is 0.320. The van der Waals surface area contributed by atoms with Crippen LogP contribution in [-0.4, -0.2) is 65.4 Å². The molecule has 1 fully saturated rings. The number of rotatable bonds is 7. The number of alkyl halides is 3. The summed E-state index contributed by atoms with van der Waals surface area (Å²) >= 11 is 0. The van der Waals surface area contributed by atoms with Gasteiger partial charge >= 0.3 is 12.2 Å². The highest BCUT2D eigenvalue weighted by Crippen LogP contribution is 2.25. The van der Waals surface area contributed by atoms with Crippen LogP contribution in [0.15, 0.2) is 55.0 Å². The maximum absolute atomic E-state index is 12.3. The molecular weight excluding hydrogens is 471 g/mol. The number of pyridine rings is 1. The first-order chi connectivity index (χ1) is 17.2. The molecule has 0 aliphatic carbocycles. The van der Waals surface area contributed by atoms with Crippen LogP contribution in [0.2, 0.25) is 0 Å². The van der Waals surface area contributed by atoms with Gasteiger partial charge in [-0.15, -0.1) is 0 Å². The van der Waals surface area contributed by atoms with E-state index in [4.69, 9.17) is 5.41 Å². The van der Waals surface area contributed by atoms with Gasteiger partial charge in [-0.2, -0.15) is 13.2 Å². The molecule has 2 amide bonds. The van der Waals surface area contributed by atoms with E-state index in [2.05, 4.69) is 27.6 Å². The Morgan fingerprint density at radius 3 is 2.72 bits per heavy atom. The van der Waals surface area contributed by atoms with Crippen molar-refractivity contribution >= 4 is 29.2 Å². The number of urea groups is 1. The van der Waals surface area contributed by atoms with E-state index in [1.165, 1.54) is 6.21 Å². The summed E-state index contributed by atoms with van der Waals surface area (Å²) < 4.78 is 38.8. The molecule has 4 N–H and O–H groups in total. The summed E-state index contributed by atoms with van der Waals surface area (Å²) in [4.78, 5) is 18.6. The summed E-state index contributed by atoms with van der Waals surface area (Å²) in [6, 6.07) is 10.0. The lowest BCUT2D eigenvalue weighted by Gasteiger charge is -2.29. The molecule has 3 heterocycles. The zero-order chi connectivity index (χ0) is 25.7. The first-order valence-corrected chi connectivity index (χ1v) is 11.6. The van der Waals surface area contributed by atoms with Crippen LogP contribution in [0.4, 0.5) is 23.7 Å². The van der Waals surface area contributed by atoms with Gasteiger partial charge in [-0.3, -0.25) is 4.40 Å². The third-order valence-electron chi connectivity index (χ3n) is 6.06. The van der Waals surface area contributed by atoms with Crippen LogP contribution >= 0.6 is 0 Å². The molecule has 0 bridgehead atoms. The molecule has 4 rings (SSSR count). The van der Waals surface area contributed by atoms with Gasteiger partial charge < -0.3 is 26.3 Å². The topological polar surface area (TPSA) is 97.5 Å². The number of amides is 2. The highest BCUT2D eigenvalue weighted by molar-refractivity contribution is 6.08. The summed E-state index contributed by atoms with van der Waals surface area (Å²) in [5.74, 6) is 0. The van der Waals surface area contributed by atoms with E-state index >= 15 is 0 Å². The fourth-order valence-corrected chi connectivity index (χ4v) is 4.08. The lowest BCUT2D eigenvalue weighted by molar-refractivity contribution is -0.122. The Bertz CT molecular complexity index is 1260. The smallest absolute Gasteiger partial charge is 0.388 e. The van der Waals surface area contributed by atoms with Gasteiger partial charge in [0.25, 0.3) is 0 Å². The monoisotopic (exact) mass is 499 g/mol. The number of nitrogens with zero attached hydrogens (tertiary/aromatic N) is 3. The summed E-state index contributed by atoms with van der Waals surface area (Å²) in [6.07, 6.45) is 4.37. The Balaban J connectivity index is 1.49. The van der Waals surface area contributed by atoms with Crippen LogP contribution in [0.1, 0.15) is 18.4 Å². The first-order valence-electron chi connectivity index (χ1n) is 11.6. The highest BCUT2D eigenvalue weighted by Gasteiger charge is 2.27. The molecule has 0 spiro atoms. The van der Waals surface area contributed by atoms with E-state index in [0.29, 0.717) is 17.4 Å². The predicted octanol–water partition coefficient (Wildman–Crippen LogP) is 4.36. The number of carbonyl (C=O) groups is 1. The molecule has 190 valence electrons. The molecule has 1 aliphatic rings. The molecule has 11 heteroatoms. The van der Waals surface area contributed by atoms with Gasteiger partial charge in [0.2, 0.25) is 0 Å². The van der Waals surface area contributed by atoms with Gasteiger partial charge in [-0.05, 0) is 62.8 Å². The van der Waals surface area contributed by atoms with E-state index in [1.807, 2.05) is 35.0 Å². The van der Waals surface area contributed by atoms with Crippen LogP contribution in [-0.2, 0) is 0 Å². The van der Waals surface area contributed by atoms with Gasteiger partial charge in [0.05, 0.1) is 11.9 Å². The SMILES string of the molecule is CN1CCC(N/C=C(\C=N)c2ccn3c(-c4cccc(NC(=O)NCC(F)(F)F)c4)cnc3c2)CC1. The van der Waals surface area contributed by atoms with Crippen molar-refractivity contribution in [2.45, 2.75) is 25.1 Å². The van der Waals surface area contributed by atoms with E-state index in [-0.39, 0.29) is 0 Å². The zero-order valence-electron chi connectivity index (χ0n) is 19.8. The lowest BCUT2D eigenvalue weighted by Crippen LogP contribution is -2.38. The Hall–Kier alpha value is -3.86. The second-order valence-corrected chi connectivity index (χ2v) is 8.78. The van der Waals surface area contributed by atoms with Crippen LogP contribution in [0.25, 0.3) is 22.5 Å². The molecule has 1 aliphatic heterocycles. The maximum Gasteiger partial charge on any atom is 0.405 e. The quantitative estimate of drug-likeness (QED) is 0.363. The van der Waals surface area contributed by atoms with E-state index in [9.17, 15) is 18.0 Å². The predicted molar refractivity (Wildman–Crippen MR) is 134 cm³/mol. The molecule has 1 saturated heterocycles. The minimum Gasteiger partial charge on any atom is -0.388 e. The van der Waals surface area contributed by atoms with E-state index in [1.54, 1.807) is 29.7 Å². The number of nitrogens with one attached hydrogen (secondary N) is 4. The normalized spacial score (nSPS) is 15.6. The summed E-state index contributed by atoms with van der Waals surface area (Å²) in [7, 11) is 2.12. The minimum absolute atomic E-state index is 0.354. The summed E-state index contributed by atoms with van der Waals surface area (Å²) in [5.41, 5.74) is 4.11. The van der Waals surface area contributed by atoms with Crippen LogP contribution in [0.3, 0.4) is 0 Å². The fourth-order valence-electron chi connectivity index (χ4n) is 4.08. The molecule has 1 aromatic carbocycles. The van der Waals surface area contributed by atoms with E-state index in [0.717, 1.165) is 48.3 Å². The van der Waals surface area contributed by atoms with Gasteiger partial charge in [0.1, 0.15) is 12.2 Å². The number of hydrogen-bond acceptors (Lipinski definition) is 5. The number of fused-ring (bicyclic) bond motifs is 1. The van der Waals surface area contributed by atoms with Crippen LogP contribution in [0.5, 0.6) is 0 Å². The largest absolute Gasteiger partial charge is 0.405 e.